The predicted octanol–water partition coefficient (Wildman–Crippen LogP) is 7.50. The van der Waals surface area contributed by atoms with Crippen LogP contribution >= 0.6 is 0 Å². The number of hydrogen-bond acceptors (Lipinski definition) is 5. The van der Waals surface area contributed by atoms with E-state index in [9.17, 15) is 13.2 Å². The van der Waals surface area contributed by atoms with Gasteiger partial charge < -0.3 is 15.4 Å². The maximum Gasteiger partial charge on any atom is 0.421 e. The molecule has 0 aliphatic rings. The zero-order chi connectivity index (χ0) is 23.7. The maximum atomic E-state index is 13.5. The molecule has 0 amide bonds. The maximum absolute atomic E-state index is 13.5. The Bertz CT molecular complexity index is 1010. The van der Waals surface area contributed by atoms with E-state index >= 15 is 0 Å². The number of nitrogens with one attached hydrogen (secondary N) is 2. The van der Waals surface area contributed by atoms with E-state index in [2.05, 4.69) is 27.5 Å². The van der Waals surface area contributed by atoms with Crippen molar-refractivity contribution < 1.29 is 17.9 Å². The summed E-state index contributed by atoms with van der Waals surface area (Å²) in [4.78, 5) is 7.95. The Morgan fingerprint density at radius 2 is 1.52 bits per heavy atom. The summed E-state index contributed by atoms with van der Waals surface area (Å²) in [5.41, 5.74) is 1.40. The van der Waals surface area contributed by atoms with Crippen LogP contribution in [-0.4, -0.2) is 16.6 Å². The molecule has 1 heterocycles. The number of benzene rings is 2. The summed E-state index contributed by atoms with van der Waals surface area (Å²) in [6.45, 7) is 4.60. The average molecular weight is 459 g/mol. The van der Waals surface area contributed by atoms with E-state index in [0.29, 0.717) is 23.7 Å². The molecule has 0 radical (unpaired) electrons. The first-order chi connectivity index (χ1) is 15.9. The van der Waals surface area contributed by atoms with Crippen molar-refractivity contribution in [2.75, 3.05) is 17.2 Å². The summed E-state index contributed by atoms with van der Waals surface area (Å²) < 4.78 is 46.0. The Balaban J connectivity index is 1.75. The van der Waals surface area contributed by atoms with Crippen LogP contribution < -0.4 is 15.4 Å². The lowest BCUT2D eigenvalue weighted by atomic mass is 10.1. The van der Waals surface area contributed by atoms with Crippen LogP contribution in [0.25, 0.3) is 0 Å². The molecule has 0 saturated heterocycles. The smallest absolute Gasteiger partial charge is 0.421 e. The minimum atomic E-state index is -4.58. The molecule has 2 N–H and O–H groups in total. The minimum Gasteiger partial charge on any atom is -0.494 e. The Kier molecular flexibility index (Phi) is 8.52. The van der Waals surface area contributed by atoms with Crippen molar-refractivity contribution in [2.45, 2.75) is 52.1 Å². The number of halogens is 3. The number of unbranched alkanes of at least 4 members (excludes halogenated alkanes) is 3. The molecule has 0 atom stereocenters. The highest BCUT2D eigenvalue weighted by Gasteiger charge is 2.35. The minimum absolute atomic E-state index is 0.0576. The second kappa shape index (κ2) is 11.5. The van der Waals surface area contributed by atoms with Gasteiger partial charge >= 0.3 is 6.18 Å². The Labute approximate surface area is 192 Å². The molecule has 0 aliphatic carbocycles. The molecular weight excluding hydrogens is 429 g/mol. The molecule has 176 valence electrons. The van der Waals surface area contributed by atoms with Crippen molar-refractivity contribution in [2.24, 2.45) is 0 Å². The van der Waals surface area contributed by atoms with Crippen LogP contribution in [0, 0.1) is 0 Å². The Hall–Kier alpha value is -3.29. The van der Waals surface area contributed by atoms with E-state index in [-0.39, 0.29) is 11.8 Å². The molecule has 8 heteroatoms. The van der Waals surface area contributed by atoms with Crippen molar-refractivity contribution in [3.8, 4) is 5.75 Å². The molecule has 0 aliphatic heterocycles. The number of aryl methyl sites for hydroxylation is 1. The summed E-state index contributed by atoms with van der Waals surface area (Å²) in [7, 11) is 0. The summed E-state index contributed by atoms with van der Waals surface area (Å²) >= 11 is 0. The Morgan fingerprint density at radius 3 is 2.15 bits per heavy atom. The van der Waals surface area contributed by atoms with E-state index in [1.165, 1.54) is 19.3 Å². The van der Waals surface area contributed by atoms with Crippen LogP contribution in [0.2, 0.25) is 0 Å². The first-order valence-electron chi connectivity index (χ1n) is 11.2. The first kappa shape index (κ1) is 24.4. The van der Waals surface area contributed by atoms with Gasteiger partial charge in [-0.1, -0.05) is 38.3 Å². The van der Waals surface area contributed by atoms with Crippen LogP contribution in [0.5, 0.6) is 5.75 Å². The van der Waals surface area contributed by atoms with Gasteiger partial charge in [0, 0.05) is 17.6 Å². The number of anilines is 4. The average Bonchev–Trinajstić information content (AvgIpc) is 2.79. The zero-order valence-corrected chi connectivity index (χ0v) is 18.9. The van der Waals surface area contributed by atoms with Crippen molar-refractivity contribution in [3.05, 3.63) is 65.9 Å². The second-order valence-corrected chi connectivity index (χ2v) is 7.67. The molecule has 33 heavy (non-hydrogen) atoms. The van der Waals surface area contributed by atoms with Gasteiger partial charge in [0.25, 0.3) is 0 Å². The summed E-state index contributed by atoms with van der Waals surface area (Å²) in [5, 5.41) is 5.74. The largest absolute Gasteiger partial charge is 0.494 e. The number of nitrogens with zero attached hydrogens (tertiary/aromatic N) is 2. The zero-order valence-electron chi connectivity index (χ0n) is 18.9. The highest BCUT2D eigenvalue weighted by molar-refractivity contribution is 5.63. The van der Waals surface area contributed by atoms with Crippen molar-refractivity contribution in [1.29, 1.82) is 0 Å². The van der Waals surface area contributed by atoms with Crippen LogP contribution in [0.15, 0.2) is 54.7 Å². The van der Waals surface area contributed by atoms with Gasteiger partial charge in [-0.2, -0.15) is 18.2 Å². The standard InChI is InChI=1S/C25H29F3N4O/c1-3-5-6-7-8-18-9-11-19(12-10-18)30-23-22(25(26,27)28)17-29-24(32-23)31-20-13-15-21(16-14-20)33-4-2/h9-17H,3-8H2,1-2H3,(H2,29,30,31,32). The van der Waals surface area contributed by atoms with Crippen LogP contribution in [0.1, 0.15) is 50.7 Å². The molecule has 3 aromatic rings. The van der Waals surface area contributed by atoms with E-state index in [4.69, 9.17) is 4.74 Å². The number of hydrogen-bond donors (Lipinski definition) is 2. The second-order valence-electron chi connectivity index (χ2n) is 7.67. The van der Waals surface area contributed by atoms with Gasteiger partial charge in [-0.15, -0.1) is 0 Å². The van der Waals surface area contributed by atoms with Crippen LogP contribution in [0.4, 0.5) is 36.3 Å². The summed E-state index contributed by atoms with van der Waals surface area (Å²) in [5.74, 6) is 0.455. The molecule has 0 unspecified atom stereocenters. The van der Waals surface area contributed by atoms with Gasteiger partial charge in [0.15, 0.2) is 0 Å². The SMILES string of the molecule is CCCCCCc1ccc(Nc2nc(Nc3ccc(OCC)cc3)ncc2C(F)(F)F)cc1. The Morgan fingerprint density at radius 1 is 0.848 bits per heavy atom. The number of rotatable bonds is 11. The van der Waals surface area contributed by atoms with Crippen LogP contribution in [-0.2, 0) is 12.6 Å². The highest BCUT2D eigenvalue weighted by atomic mass is 19.4. The predicted molar refractivity (Wildman–Crippen MR) is 125 cm³/mol. The third kappa shape index (κ3) is 7.37. The van der Waals surface area contributed by atoms with Crippen LogP contribution in [0.3, 0.4) is 0 Å². The fraction of sp³-hybridized carbons (Fsp3) is 0.360. The number of alkyl halides is 3. The molecule has 0 fully saturated rings. The topological polar surface area (TPSA) is 59.1 Å². The number of ether oxygens (including phenoxy) is 1. The van der Waals surface area contributed by atoms with E-state index in [1.54, 1.807) is 36.4 Å². The van der Waals surface area contributed by atoms with E-state index in [1.807, 2.05) is 19.1 Å². The molecule has 3 rings (SSSR count). The lowest BCUT2D eigenvalue weighted by molar-refractivity contribution is -0.137. The molecule has 0 bridgehead atoms. The van der Waals surface area contributed by atoms with Gasteiger partial charge in [0.2, 0.25) is 5.95 Å². The van der Waals surface area contributed by atoms with Crippen molar-refractivity contribution in [3.63, 3.8) is 0 Å². The van der Waals surface area contributed by atoms with Crippen molar-refractivity contribution in [1.82, 2.24) is 9.97 Å². The fourth-order valence-corrected chi connectivity index (χ4v) is 3.32. The third-order valence-electron chi connectivity index (χ3n) is 5.05. The van der Waals surface area contributed by atoms with Gasteiger partial charge in [0.1, 0.15) is 17.1 Å². The number of aromatic nitrogens is 2. The van der Waals surface area contributed by atoms with E-state index in [0.717, 1.165) is 24.6 Å². The highest BCUT2D eigenvalue weighted by Crippen LogP contribution is 2.35. The molecular formula is C25H29F3N4O. The van der Waals surface area contributed by atoms with Crippen molar-refractivity contribution >= 4 is 23.1 Å². The normalized spacial score (nSPS) is 11.3. The molecule has 0 saturated carbocycles. The lowest BCUT2D eigenvalue weighted by Crippen LogP contribution is -2.12. The quantitative estimate of drug-likeness (QED) is 0.291. The monoisotopic (exact) mass is 458 g/mol. The fourth-order valence-electron chi connectivity index (χ4n) is 3.32. The lowest BCUT2D eigenvalue weighted by Gasteiger charge is -2.15. The first-order valence-corrected chi connectivity index (χ1v) is 11.2. The van der Waals surface area contributed by atoms with E-state index < -0.39 is 11.7 Å². The molecule has 2 aromatic carbocycles. The van der Waals surface area contributed by atoms with Gasteiger partial charge in [0.05, 0.1) is 6.61 Å². The summed E-state index contributed by atoms with van der Waals surface area (Å²) in [6, 6.07) is 14.4. The van der Waals surface area contributed by atoms with Gasteiger partial charge in [-0.05, 0) is 61.7 Å². The molecule has 1 aromatic heterocycles. The molecule has 0 spiro atoms. The van der Waals surface area contributed by atoms with Gasteiger partial charge in [-0.25, -0.2) is 4.98 Å². The summed E-state index contributed by atoms with van der Waals surface area (Å²) in [6.07, 6.45) is 1.83. The third-order valence-corrected chi connectivity index (χ3v) is 5.05. The van der Waals surface area contributed by atoms with Gasteiger partial charge in [-0.3, -0.25) is 0 Å². The molecule has 5 nitrogen and oxygen atoms in total.